The lowest BCUT2D eigenvalue weighted by Crippen LogP contribution is -2.21. The number of nitrogens with zero attached hydrogens (tertiary/aromatic N) is 1. The van der Waals surface area contributed by atoms with Crippen molar-refractivity contribution in [3.05, 3.63) is 33.2 Å². The van der Waals surface area contributed by atoms with Crippen molar-refractivity contribution in [2.45, 2.75) is 19.0 Å². The highest BCUT2D eigenvalue weighted by Gasteiger charge is 2.36. The van der Waals surface area contributed by atoms with Crippen LogP contribution in [0, 0.1) is 11.3 Å². The number of nitrogens with one attached hydrogen (secondary N) is 1. The van der Waals surface area contributed by atoms with E-state index in [1.54, 1.807) is 4.98 Å². The Morgan fingerprint density at radius 2 is 2.00 bits per heavy atom. The van der Waals surface area contributed by atoms with Crippen molar-refractivity contribution in [3.8, 4) is 6.07 Å². The van der Waals surface area contributed by atoms with Gasteiger partial charge in [0.25, 0.3) is 12.0 Å². The lowest BCUT2D eigenvalue weighted by atomic mass is 10.0. The second-order valence-corrected chi connectivity index (χ2v) is 3.06. The van der Waals surface area contributed by atoms with Gasteiger partial charge in [0, 0.05) is 6.20 Å². The van der Waals surface area contributed by atoms with Crippen molar-refractivity contribution in [3.63, 3.8) is 0 Å². The molecule has 0 saturated carbocycles. The van der Waals surface area contributed by atoms with Gasteiger partial charge in [0.1, 0.15) is 0 Å². The Balaban J connectivity index is 3.60. The van der Waals surface area contributed by atoms with Crippen molar-refractivity contribution in [1.82, 2.24) is 4.98 Å². The van der Waals surface area contributed by atoms with E-state index in [1.807, 2.05) is 0 Å². The zero-order chi connectivity index (χ0) is 13.2. The van der Waals surface area contributed by atoms with Gasteiger partial charge in [-0.3, -0.25) is 4.79 Å². The molecule has 1 aromatic rings. The van der Waals surface area contributed by atoms with E-state index in [0.29, 0.717) is 6.20 Å². The summed E-state index contributed by atoms with van der Waals surface area (Å²) in [6.07, 6.45) is -8.89. The Hall–Kier alpha value is -1.91. The molecule has 0 radical (unpaired) electrons. The third kappa shape index (κ3) is 2.61. The first-order valence-electron chi connectivity index (χ1n) is 4.25. The summed E-state index contributed by atoms with van der Waals surface area (Å²) in [5, 5.41) is 8.33. The molecule has 1 aromatic heterocycles. The van der Waals surface area contributed by atoms with E-state index in [1.165, 1.54) is 6.07 Å². The van der Waals surface area contributed by atoms with Crippen LogP contribution in [0.1, 0.15) is 23.1 Å². The molecule has 0 bridgehead atoms. The van der Waals surface area contributed by atoms with Crippen molar-refractivity contribution in [1.29, 1.82) is 5.26 Å². The molecule has 0 aliphatic carbocycles. The highest BCUT2D eigenvalue weighted by atomic mass is 19.4. The monoisotopic (exact) mass is 252 g/mol. The summed E-state index contributed by atoms with van der Waals surface area (Å²) < 4.78 is 62.4. The van der Waals surface area contributed by atoms with E-state index in [4.69, 9.17) is 5.26 Å². The molecule has 0 amide bonds. The van der Waals surface area contributed by atoms with Crippen LogP contribution in [0.3, 0.4) is 0 Å². The van der Waals surface area contributed by atoms with Gasteiger partial charge >= 0.3 is 6.18 Å². The van der Waals surface area contributed by atoms with Gasteiger partial charge < -0.3 is 4.98 Å². The van der Waals surface area contributed by atoms with Gasteiger partial charge in [0.15, 0.2) is 0 Å². The number of alkyl halides is 5. The summed E-state index contributed by atoms with van der Waals surface area (Å²) in [6.45, 7) is 0. The third-order valence-corrected chi connectivity index (χ3v) is 2.02. The van der Waals surface area contributed by atoms with Crippen LogP contribution in [0.5, 0.6) is 0 Å². The van der Waals surface area contributed by atoms with Gasteiger partial charge in [-0.15, -0.1) is 0 Å². The van der Waals surface area contributed by atoms with Crippen molar-refractivity contribution in [2.75, 3.05) is 0 Å². The van der Waals surface area contributed by atoms with Crippen LogP contribution >= 0.6 is 0 Å². The maximum Gasteiger partial charge on any atom is 0.418 e. The smallest absolute Gasteiger partial charge is 0.328 e. The molecule has 0 saturated heterocycles. The molecule has 0 spiro atoms. The van der Waals surface area contributed by atoms with Crippen LogP contribution in [-0.2, 0) is 12.6 Å². The Bertz CT molecular complexity index is 512. The molecule has 0 atom stereocenters. The Morgan fingerprint density at radius 1 is 1.41 bits per heavy atom. The van der Waals surface area contributed by atoms with E-state index in [-0.39, 0.29) is 0 Å². The number of hydrogen-bond acceptors (Lipinski definition) is 2. The molecule has 8 heteroatoms. The second-order valence-electron chi connectivity index (χ2n) is 3.06. The summed E-state index contributed by atoms with van der Waals surface area (Å²) in [6, 6.07) is 1.33. The number of nitriles is 1. The number of rotatable bonds is 2. The number of aromatic nitrogens is 1. The van der Waals surface area contributed by atoms with Gasteiger partial charge in [-0.1, -0.05) is 0 Å². The summed E-state index contributed by atoms with van der Waals surface area (Å²) in [5.74, 6) is 0. The van der Waals surface area contributed by atoms with Gasteiger partial charge in [0.2, 0.25) is 0 Å². The summed E-state index contributed by atoms with van der Waals surface area (Å²) in [4.78, 5) is 12.6. The topological polar surface area (TPSA) is 56.6 Å². The first kappa shape index (κ1) is 13.2. The minimum Gasteiger partial charge on any atom is -0.328 e. The summed E-state index contributed by atoms with van der Waals surface area (Å²) in [7, 11) is 0. The number of H-pyrrole nitrogens is 1. The Kier molecular flexibility index (Phi) is 3.50. The molecule has 1 heterocycles. The van der Waals surface area contributed by atoms with Crippen LogP contribution in [0.25, 0.3) is 0 Å². The van der Waals surface area contributed by atoms with Crippen molar-refractivity contribution in [2.24, 2.45) is 0 Å². The summed E-state index contributed by atoms with van der Waals surface area (Å²) >= 11 is 0. The van der Waals surface area contributed by atoms with Crippen LogP contribution in [-0.4, -0.2) is 4.98 Å². The molecule has 3 nitrogen and oxygen atoms in total. The lowest BCUT2D eigenvalue weighted by molar-refractivity contribution is -0.138. The van der Waals surface area contributed by atoms with Gasteiger partial charge in [-0.25, -0.2) is 8.78 Å². The van der Waals surface area contributed by atoms with Gasteiger partial charge in [-0.05, 0) is 5.56 Å². The molecule has 0 aliphatic rings. The predicted octanol–water partition coefficient (Wildman–Crippen LogP) is 2.40. The first-order valence-corrected chi connectivity index (χ1v) is 4.25. The average molecular weight is 252 g/mol. The molecule has 17 heavy (non-hydrogen) atoms. The summed E-state index contributed by atoms with van der Waals surface area (Å²) in [5.41, 5.74) is -5.02. The first-order chi connectivity index (χ1) is 7.79. The molecule has 0 aromatic carbocycles. The standard InChI is InChI=1S/C9H5F5N2O/c10-7(11)6-4(1-2-15)5(9(12,13)14)3-16-8(6)17/h3,7H,1H2,(H,16,17). The molecular formula is C9H5F5N2O. The fraction of sp³-hybridized carbons (Fsp3) is 0.333. The van der Waals surface area contributed by atoms with Gasteiger partial charge in [-0.2, -0.15) is 18.4 Å². The third-order valence-electron chi connectivity index (χ3n) is 2.02. The maximum atomic E-state index is 12.5. The Morgan fingerprint density at radius 3 is 2.41 bits per heavy atom. The fourth-order valence-electron chi connectivity index (χ4n) is 1.34. The molecule has 1 N–H and O–H groups in total. The SMILES string of the molecule is N#CCc1c(C(F)(F)F)c[nH]c(=O)c1C(F)F. The quantitative estimate of drug-likeness (QED) is 0.821. The molecule has 92 valence electrons. The van der Waals surface area contributed by atoms with Crippen molar-refractivity contribution < 1.29 is 22.0 Å². The number of hydrogen-bond donors (Lipinski definition) is 1. The average Bonchev–Trinajstić information content (AvgIpc) is 2.15. The van der Waals surface area contributed by atoms with Crippen LogP contribution in [0.4, 0.5) is 22.0 Å². The van der Waals surface area contributed by atoms with E-state index >= 15 is 0 Å². The van der Waals surface area contributed by atoms with Crippen molar-refractivity contribution >= 4 is 0 Å². The molecule has 0 unspecified atom stereocenters. The number of pyridine rings is 1. The minimum atomic E-state index is -4.90. The number of halogens is 5. The fourth-order valence-corrected chi connectivity index (χ4v) is 1.34. The highest BCUT2D eigenvalue weighted by Crippen LogP contribution is 2.34. The minimum absolute atomic E-state index is 0.293. The van der Waals surface area contributed by atoms with Gasteiger partial charge in [0.05, 0.1) is 23.6 Å². The Labute approximate surface area is 91.5 Å². The normalized spacial score (nSPS) is 11.6. The molecule has 1 rings (SSSR count). The van der Waals surface area contributed by atoms with Crippen LogP contribution < -0.4 is 5.56 Å². The number of aromatic amines is 1. The molecule has 0 fully saturated rings. The second kappa shape index (κ2) is 4.53. The van der Waals surface area contributed by atoms with E-state index in [2.05, 4.69) is 0 Å². The van der Waals surface area contributed by atoms with E-state index in [9.17, 15) is 26.7 Å². The lowest BCUT2D eigenvalue weighted by Gasteiger charge is -2.13. The molecule has 0 aliphatic heterocycles. The zero-order valence-electron chi connectivity index (χ0n) is 8.11. The molecular weight excluding hydrogens is 247 g/mol. The highest BCUT2D eigenvalue weighted by molar-refractivity contribution is 5.36. The largest absolute Gasteiger partial charge is 0.418 e. The van der Waals surface area contributed by atoms with E-state index in [0.717, 1.165) is 0 Å². The zero-order valence-corrected chi connectivity index (χ0v) is 8.11. The predicted molar refractivity (Wildman–Crippen MR) is 46.3 cm³/mol. The van der Waals surface area contributed by atoms with Crippen LogP contribution in [0.2, 0.25) is 0 Å². The van der Waals surface area contributed by atoms with Crippen LogP contribution in [0.15, 0.2) is 11.0 Å². The van der Waals surface area contributed by atoms with E-state index < -0.39 is 41.3 Å². The maximum absolute atomic E-state index is 12.5.